The van der Waals surface area contributed by atoms with Crippen LogP contribution in [0.2, 0.25) is 0 Å². The van der Waals surface area contributed by atoms with E-state index < -0.39 is 10.0 Å². The van der Waals surface area contributed by atoms with Crippen molar-refractivity contribution in [2.24, 2.45) is 11.7 Å². The molecule has 2 N–H and O–H groups in total. The maximum Gasteiger partial charge on any atom is 0.243 e. The fraction of sp³-hybridized carbons (Fsp3) is 0.650. The van der Waals surface area contributed by atoms with Gasteiger partial charge in [0.25, 0.3) is 0 Å². The Morgan fingerprint density at radius 2 is 1.63 bits per heavy atom. The number of aryl methyl sites for hydroxylation is 3. The van der Waals surface area contributed by atoms with Gasteiger partial charge in [-0.05, 0) is 57.6 Å². The van der Waals surface area contributed by atoms with E-state index in [1.165, 1.54) is 0 Å². The van der Waals surface area contributed by atoms with Crippen molar-refractivity contribution in [3.63, 3.8) is 0 Å². The number of benzene rings is 1. The second-order valence-corrected chi connectivity index (χ2v) is 9.97. The third kappa shape index (κ3) is 4.20. The molecule has 1 amide bonds. The lowest BCUT2D eigenvalue weighted by molar-refractivity contribution is -0.137. The third-order valence-corrected chi connectivity index (χ3v) is 7.98. The molecule has 7 heteroatoms. The van der Waals surface area contributed by atoms with E-state index in [0.717, 1.165) is 36.1 Å². The Balaban J connectivity index is 1.69. The number of amides is 1. The van der Waals surface area contributed by atoms with E-state index in [9.17, 15) is 13.2 Å². The number of nitrogens with two attached hydrogens (primary N) is 1. The number of piperidine rings is 2. The Labute approximate surface area is 162 Å². The third-order valence-electron chi connectivity index (χ3n) is 5.78. The van der Waals surface area contributed by atoms with E-state index >= 15 is 0 Å². The Morgan fingerprint density at radius 1 is 1.04 bits per heavy atom. The Bertz CT molecular complexity index is 791. The molecule has 2 aliphatic heterocycles. The zero-order chi connectivity index (χ0) is 19.8. The van der Waals surface area contributed by atoms with Crippen LogP contribution in [-0.4, -0.2) is 55.8 Å². The fourth-order valence-corrected chi connectivity index (χ4v) is 6.40. The second kappa shape index (κ2) is 7.89. The standard InChI is InChI=1S/C20H31N3O3S/c1-14-11-15(2)19(16(3)12-14)27(25,26)23-9-6-17(7-10-23)20(24)22-8-4-5-18(21)13-22/h11-12,17-18H,4-10,13,21H2,1-3H3. The molecule has 1 unspecified atom stereocenters. The summed E-state index contributed by atoms with van der Waals surface area (Å²) in [6.07, 6.45) is 3.07. The van der Waals surface area contributed by atoms with Gasteiger partial charge < -0.3 is 10.6 Å². The fourth-order valence-electron chi connectivity index (χ4n) is 4.51. The molecular weight excluding hydrogens is 362 g/mol. The summed E-state index contributed by atoms with van der Waals surface area (Å²) in [5.74, 6) is 0.0480. The van der Waals surface area contributed by atoms with E-state index in [-0.39, 0.29) is 17.9 Å². The van der Waals surface area contributed by atoms with Gasteiger partial charge in [-0.2, -0.15) is 4.31 Å². The van der Waals surface area contributed by atoms with Gasteiger partial charge in [-0.15, -0.1) is 0 Å². The minimum atomic E-state index is -3.53. The molecule has 27 heavy (non-hydrogen) atoms. The van der Waals surface area contributed by atoms with Crippen molar-refractivity contribution >= 4 is 15.9 Å². The molecule has 3 rings (SSSR count). The van der Waals surface area contributed by atoms with Gasteiger partial charge in [-0.1, -0.05) is 17.7 Å². The number of rotatable bonds is 3. The summed E-state index contributed by atoms with van der Waals surface area (Å²) in [7, 11) is -3.53. The molecule has 0 bridgehead atoms. The Morgan fingerprint density at radius 3 is 2.19 bits per heavy atom. The first-order chi connectivity index (χ1) is 12.7. The zero-order valence-corrected chi connectivity index (χ0v) is 17.4. The Kier molecular flexibility index (Phi) is 5.93. The first kappa shape index (κ1) is 20.3. The number of carbonyl (C=O) groups is 1. The Hall–Kier alpha value is -1.44. The first-order valence-corrected chi connectivity index (χ1v) is 11.3. The highest BCUT2D eigenvalue weighted by atomic mass is 32.2. The number of carbonyl (C=O) groups excluding carboxylic acids is 1. The van der Waals surface area contributed by atoms with E-state index in [1.807, 2.05) is 37.8 Å². The van der Waals surface area contributed by atoms with Crippen molar-refractivity contribution in [1.82, 2.24) is 9.21 Å². The van der Waals surface area contributed by atoms with Crippen LogP contribution in [0.4, 0.5) is 0 Å². The maximum atomic E-state index is 13.2. The summed E-state index contributed by atoms with van der Waals surface area (Å²) in [6, 6.07) is 3.89. The van der Waals surface area contributed by atoms with E-state index in [2.05, 4.69) is 0 Å². The number of nitrogens with zero attached hydrogens (tertiary/aromatic N) is 2. The molecule has 0 radical (unpaired) electrons. The summed E-state index contributed by atoms with van der Waals surface area (Å²) < 4.78 is 27.9. The van der Waals surface area contributed by atoms with Crippen LogP contribution in [0.25, 0.3) is 0 Å². The van der Waals surface area contributed by atoms with Crippen LogP contribution in [0, 0.1) is 26.7 Å². The lowest BCUT2D eigenvalue weighted by atomic mass is 9.95. The predicted octanol–water partition coefficient (Wildman–Crippen LogP) is 1.96. The molecule has 0 aliphatic carbocycles. The SMILES string of the molecule is Cc1cc(C)c(S(=O)(=O)N2CCC(C(=O)N3CCCC(N)C3)CC2)c(C)c1. The van der Waals surface area contributed by atoms with E-state index in [0.29, 0.717) is 37.4 Å². The topological polar surface area (TPSA) is 83.7 Å². The molecule has 150 valence electrons. The molecule has 6 nitrogen and oxygen atoms in total. The zero-order valence-electron chi connectivity index (χ0n) is 16.6. The molecule has 0 saturated carbocycles. The van der Waals surface area contributed by atoms with Crippen LogP contribution >= 0.6 is 0 Å². The second-order valence-electron chi connectivity index (χ2n) is 8.09. The highest BCUT2D eigenvalue weighted by Crippen LogP contribution is 2.29. The van der Waals surface area contributed by atoms with Crippen LogP contribution < -0.4 is 5.73 Å². The largest absolute Gasteiger partial charge is 0.341 e. The van der Waals surface area contributed by atoms with Crippen molar-refractivity contribution < 1.29 is 13.2 Å². The van der Waals surface area contributed by atoms with Crippen LogP contribution in [0.1, 0.15) is 42.4 Å². The quantitative estimate of drug-likeness (QED) is 0.851. The van der Waals surface area contributed by atoms with Crippen LogP contribution in [0.15, 0.2) is 17.0 Å². The van der Waals surface area contributed by atoms with Gasteiger partial charge in [0.2, 0.25) is 15.9 Å². The molecule has 2 heterocycles. The molecule has 2 saturated heterocycles. The number of hydrogen-bond acceptors (Lipinski definition) is 4. The van der Waals surface area contributed by atoms with Crippen molar-refractivity contribution in [3.05, 3.63) is 28.8 Å². The van der Waals surface area contributed by atoms with Gasteiger partial charge in [0.05, 0.1) is 4.90 Å². The van der Waals surface area contributed by atoms with Crippen molar-refractivity contribution in [3.8, 4) is 0 Å². The van der Waals surface area contributed by atoms with Crippen LogP contribution in [0.3, 0.4) is 0 Å². The van der Waals surface area contributed by atoms with Gasteiger partial charge >= 0.3 is 0 Å². The highest BCUT2D eigenvalue weighted by Gasteiger charge is 2.35. The lowest BCUT2D eigenvalue weighted by Gasteiger charge is -2.36. The molecule has 1 aromatic rings. The van der Waals surface area contributed by atoms with Crippen LogP contribution in [-0.2, 0) is 14.8 Å². The van der Waals surface area contributed by atoms with Gasteiger partial charge in [0.15, 0.2) is 0 Å². The molecule has 1 atom stereocenters. The van der Waals surface area contributed by atoms with E-state index in [1.54, 1.807) is 4.31 Å². The summed E-state index contributed by atoms with van der Waals surface area (Å²) in [4.78, 5) is 15.1. The summed E-state index contributed by atoms with van der Waals surface area (Å²) in [5, 5.41) is 0. The van der Waals surface area contributed by atoms with Crippen molar-refractivity contribution in [2.45, 2.75) is 57.4 Å². The molecule has 0 aromatic heterocycles. The minimum absolute atomic E-state index is 0.0654. The van der Waals surface area contributed by atoms with Gasteiger partial charge in [0.1, 0.15) is 0 Å². The van der Waals surface area contributed by atoms with Crippen LogP contribution in [0.5, 0.6) is 0 Å². The number of sulfonamides is 1. The van der Waals surface area contributed by atoms with Crippen molar-refractivity contribution in [1.29, 1.82) is 0 Å². The van der Waals surface area contributed by atoms with E-state index in [4.69, 9.17) is 5.73 Å². The van der Waals surface area contributed by atoms with Gasteiger partial charge in [0, 0.05) is 38.1 Å². The number of hydrogen-bond donors (Lipinski definition) is 1. The molecule has 0 spiro atoms. The van der Waals surface area contributed by atoms with Gasteiger partial charge in [-0.3, -0.25) is 4.79 Å². The first-order valence-electron chi connectivity index (χ1n) is 9.82. The van der Waals surface area contributed by atoms with Crippen molar-refractivity contribution in [2.75, 3.05) is 26.2 Å². The maximum absolute atomic E-state index is 13.2. The monoisotopic (exact) mass is 393 g/mol. The smallest absolute Gasteiger partial charge is 0.243 e. The summed E-state index contributed by atoms with van der Waals surface area (Å²) >= 11 is 0. The predicted molar refractivity (Wildman–Crippen MR) is 106 cm³/mol. The van der Waals surface area contributed by atoms with Gasteiger partial charge in [-0.25, -0.2) is 8.42 Å². The lowest BCUT2D eigenvalue weighted by Crippen LogP contribution is -2.50. The average molecular weight is 394 g/mol. The highest BCUT2D eigenvalue weighted by molar-refractivity contribution is 7.89. The molecule has 2 aliphatic rings. The molecule has 1 aromatic carbocycles. The average Bonchev–Trinajstić information content (AvgIpc) is 2.60. The molecular formula is C20H31N3O3S. The summed E-state index contributed by atoms with van der Waals surface area (Å²) in [6.45, 7) is 7.86. The normalized spacial score (nSPS) is 22.8. The molecule has 2 fully saturated rings. The number of likely N-dealkylation sites (tertiary alicyclic amines) is 1. The minimum Gasteiger partial charge on any atom is -0.341 e. The summed E-state index contributed by atoms with van der Waals surface area (Å²) in [5.41, 5.74) is 8.63.